The van der Waals surface area contributed by atoms with Crippen LogP contribution in [0.2, 0.25) is 0 Å². The van der Waals surface area contributed by atoms with Crippen molar-refractivity contribution in [1.29, 1.82) is 0 Å². The molecule has 2 aliphatic heterocycles. The molecule has 0 amide bonds. The third-order valence-electron chi connectivity index (χ3n) is 3.08. The highest BCUT2D eigenvalue weighted by atomic mass is 32.2. The van der Waals surface area contributed by atoms with E-state index < -0.39 is 10.2 Å². The Balaban J connectivity index is 2.01. The SMILES string of the molecule is CC(C)NS(=O)(=O)N1C[C@H]2CNC[C@H]2C1. The molecule has 0 aromatic carbocycles. The molecule has 2 atom stereocenters. The van der Waals surface area contributed by atoms with Crippen LogP contribution in [0, 0.1) is 11.8 Å². The molecule has 6 heteroatoms. The number of nitrogens with zero attached hydrogens (tertiary/aromatic N) is 1. The van der Waals surface area contributed by atoms with E-state index in [1.54, 1.807) is 4.31 Å². The topological polar surface area (TPSA) is 61.4 Å². The summed E-state index contributed by atoms with van der Waals surface area (Å²) in [7, 11) is -3.25. The Kier molecular flexibility index (Phi) is 3.03. The molecule has 2 saturated heterocycles. The lowest BCUT2D eigenvalue weighted by atomic mass is 10.0. The van der Waals surface area contributed by atoms with Crippen LogP contribution in [0.3, 0.4) is 0 Å². The monoisotopic (exact) mass is 233 g/mol. The molecule has 0 aromatic heterocycles. The van der Waals surface area contributed by atoms with Gasteiger partial charge in [-0.1, -0.05) is 0 Å². The van der Waals surface area contributed by atoms with Crippen molar-refractivity contribution >= 4 is 10.2 Å². The van der Waals surface area contributed by atoms with Gasteiger partial charge in [0.05, 0.1) is 0 Å². The first-order valence-corrected chi connectivity index (χ1v) is 6.91. The van der Waals surface area contributed by atoms with Crippen LogP contribution in [0.5, 0.6) is 0 Å². The van der Waals surface area contributed by atoms with E-state index in [0.29, 0.717) is 24.9 Å². The molecule has 2 heterocycles. The van der Waals surface area contributed by atoms with Crippen molar-refractivity contribution in [3.63, 3.8) is 0 Å². The maximum atomic E-state index is 11.9. The highest BCUT2D eigenvalue weighted by molar-refractivity contribution is 7.87. The van der Waals surface area contributed by atoms with Gasteiger partial charge in [0.25, 0.3) is 10.2 Å². The van der Waals surface area contributed by atoms with Gasteiger partial charge in [0.2, 0.25) is 0 Å². The van der Waals surface area contributed by atoms with Gasteiger partial charge in [0.15, 0.2) is 0 Å². The number of nitrogens with one attached hydrogen (secondary N) is 2. The van der Waals surface area contributed by atoms with Gasteiger partial charge >= 0.3 is 0 Å². The zero-order valence-electron chi connectivity index (χ0n) is 9.23. The Bertz CT molecular complexity index is 316. The van der Waals surface area contributed by atoms with Crippen molar-refractivity contribution in [3.8, 4) is 0 Å². The van der Waals surface area contributed by atoms with E-state index in [1.807, 2.05) is 13.8 Å². The van der Waals surface area contributed by atoms with Crippen LogP contribution in [0.15, 0.2) is 0 Å². The molecule has 88 valence electrons. The largest absolute Gasteiger partial charge is 0.316 e. The minimum atomic E-state index is -3.25. The van der Waals surface area contributed by atoms with Crippen LogP contribution >= 0.6 is 0 Å². The van der Waals surface area contributed by atoms with Crippen molar-refractivity contribution in [2.75, 3.05) is 26.2 Å². The smallest absolute Gasteiger partial charge is 0.279 e. The summed E-state index contributed by atoms with van der Waals surface area (Å²) in [6, 6.07) is -0.0337. The molecule has 0 spiro atoms. The molecule has 2 fully saturated rings. The van der Waals surface area contributed by atoms with Crippen molar-refractivity contribution < 1.29 is 8.42 Å². The molecule has 2 aliphatic rings. The fourth-order valence-electron chi connectivity index (χ4n) is 2.38. The highest BCUT2D eigenvalue weighted by Crippen LogP contribution is 2.27. The summed E-state index contributed by atoms with van der Waals surface area (Å²) in [6.45, 7) is 6.93. The van der Waals surface area contributed by atoms with E-state index in [0.717, 1.165) is 13.1 Å². The zero-order valence-corrected chi connectivity index (χ0v) is 10.0. The first-order valence-electron chi connectivity index (χ1n) is 5.47. The van der Waals surface area contributed by atoms with Gasteiger partial charge < -0.3 is 5.32 Å². The normalized spacial score (nSPS) is 32.5. The van der Waals surface area contributed by atoms with Crippen molar-refractivity contribution in [2.24, 2.45) is 11.8 Å². The number of fused-ring (bicyclic) bond motifs is 1. The standard InChI is InChI=1S/C9H19N3O2S/c1-7(2)11-15(13,14)12-5-8-3-10-4-9(8)6-12/h7-11H,3-6H2,1-2H3/t8-,9+. The van der Waals surface area contributed by atoms with Gasteiger partial charge in [-0.25, -0.2) is 0 Å². The summed E-state index contributed by atoms with van der Waals surface area (Å²) >= 11 is 0. The van der Waals surface area contributed by atoms with Gasteiger partial charge in [-0.2, -0.15) is 17.4 Å². The van der Waals surface area contributed by atoms with Crippen molar-refractivity contribution in [1.82, 2.24) is 14.3 Å². The first kappa shape index (κ1) is 11.3. The lowest BCUT2D eigenvalue weighted by molar-refractivity contribution is 0.433. The fourth-order valence-corrected chi connectivity index (χ4v) is 3.90. The van der Waals surface area contributed by atoms with E-state index in [2.05, 4.69) is 10.0 Å². The Labute approximate surface area is 91.4 Å². The van der Waals surface area contributed by atoms with Gasteiger partial charge in [-0.3, -0.25) is 0 Å². The second-order valence-corrected chi connectivity index (χ2v) is 6.48. The molecule has 0 aromatic rings. The molecule has 15 heavy (non-hydrogen) atoms. The Morgan fingerprint density at radius 1 is 1.27 bits per heavy atom. The minimum Gasteiger partial charge on any atom is -0.316 e. The van der Waals surface area contributed by atoms with Gasteiger partial charge in [0.1, 0.15) is 0 Å². The summed E-state index contributed by atoms with van der Waals surface area (Å²) < 4.78 is 28.0. The summed E-state index contributed by atoms with van der Waals surface area (Å²) in [5, 5.41) is 3.30. The second kappa shape index (κ2) is 4.01. The fraction of sp³-hybridized carbons (Fsp3) is 1.00. The number of rotatable bonds is 3. The molecule has 2 rings (SSSR count). The molecular formula is C9H19N3O2S. The highest BCUT2D eigenvalue weighted by Gasteiger charge is 2.40. The third kappa shape index (κ3) is 2.33. The summed E-state index contributed by atoms with van der Waals surface area (Å²) in [4.78, 5) is 0. The number of hydrogen-bond acceptors (Lipinski definition) is 3. The van der Waals surface area contributed by atoms with Gasteiger partial charge in [0, 0.05) is 19.1 Å². The number of hydrogen-bond donors (Lipinski definition) is 2. The molecule has 0 unspecified atom stereocenters. The molecular weight excluding hydrogens is 214 g/mol. The lowest BCUT2D eigenvalue weighted by Gasteiger charge is -2.19. The van der Waals surface area contributed by atoms with E-state index in [9.17, 15) is 8.42 Å². The van der Waals surface area contributed by atoms with Crippen LogP contribution < -0.4 is 10.0 Å². The first-order chi connectivity index (χ1) is 6.99. The van der Waals surface area contributed by atoms with E-state index in [1.165, 1.54) is 0 Å². The molecule has 0 bridgehead atoms. The molecule has 0 saturated carbocycles. The predicted octanol–water partition coefficient (Wildman–Crippen LogP) is -0.620. The zero-order chi connectivity index (χ0) is 11.1. The van der Waals surface area contributed by atoms with Crippen LogP contribution in [0.1, 0.15) is 13.8 Å². The predicted molar refractivity (Wildman–Crippen MR) is 58.6 cm³/mol. The summed E-state index contributed by atoms with van der Waals surface area (Å²) in [6.07, 6.45) is 0. The van der Waals surface area contributed by atoms with Gasteiger partial charge in [-0.15, -0.1) is 0 Å². The Hall–Kier alpha value is -0.170. The average Bonchev–Trinajstić information content (AvgIpc) is 2.56. The van der Waals surface area contributed by atoms with Gasteiger partial charge in [-0.05, 0) is 38.8 Å². The van der Waals surface area contributed by atoms with E-state index >= 15 is 0 Å². The van der Waals surface area contributed by atoms with E-state index in [-0.39, 0.29) is 6.04 Å². The maximum absolute atomic E-state index is 11.9. The quantitative estimate of drug-likeness (QED) is 0.683. The average molecular weight is 233 g/mol. The van der Waals surface area contributed by atoms with E-state index in [4.69, 9.17) is 0 Å². The van der Waals surface area contributed by atoms with Crippen molar-refractivity contribution in [3.05, 3.63) is 0 Å². The summed E-state index contributed by atoms with van der Waals surface area (Å²) in [5.74, 6) is 1.02. The molecule has 0 radical (unpaired) electrons. The van der Waals surface area contributed by atoms with Crippen LogP contribution in [0.25, 0.3) is 0 Å². The van der Waals surface area contributed by atoms with Crippen LogP contribution in [0.4, 0.5) is 0 Å². The molecule has 2 N–H and O–H groups in total. The van der Waals surface area contributed by atoms with Crippen LogP contribution in [-0.4, -0.2) is 44.9 Å². The second-order valence-electron chi connectivity index (χ2n) is 4.77. The maximum Gasteiger partial charge on any atom is 0.279 e. The molecule has 5 nitrogen and oxygen atoms in total. The summed E-state index contributed by atoms with van der Waals surface area (Å²) in [5.41, 5.74) is 0. The molecule has 0 aliphatic carbocycles. The lowest BCUT2D eigenvalue weighted by Crippen LogP contribution is -2.43. The Morgan fingerprint density at radius 3 is 2.27 bits per heavy atom. The minimum absolute atomic E-state index is 0.0337. The van der Waals surface area contributed by atoms with Crippen LogP contribution in [-0.2, 0) is 10.2 Å². The van der Waals surface area contributed by atoms with Crippen molar-refractivity contribution in [2.45, 2.75) is 19.9 Å². The third-order valence-corrected chi connectivity index (χ3v) is 4.83. The Morgan fingerprint density at radius 2 is 1.80 bits per heavy atom.